The van der Waals surface area contributed by atoms with Crippen LogP contribution in [-0.4, -0.2) is 63.9 Å². The standard InChI is InChI=1S/C19H20N4O2.C2HF3O2/c24-19-13-17(22-11-10-21-8-6-15(22)7-9-21)20-18-12-16(25-23(18)19)14-4-2-1-3-5-14;3-2(4,5)1(6)7/h1-5,12-13,15H,6-11H2;(H,6,7). The molecule has 1 N–H and O–H groups in total. The number of aliphatic carboxylic acids is 1. The summed E-state index contributed by atoms with van der Waals surface area (Å²) in [5.41, 5.74) is 1.34. The van der Waals surface area contributed by atoms with Gasteiger partial charge >= 0.3 is 12.1 Å². The maximum absolute atomic E-state index is 12.6. The van der Waals surface area contributed by atoms with E-state index in [1.165, 1.54) is 4.57 Å². The van der Waals surface area contributed by atoms with Crippen LogP contribution in [0.15, 0.2) is 51.8 Å². The van der Waals surface area contributed by atoms with Gasteiger partial charge in [0.2, 0.25) is 0 Å². The molecule has 11 heteroatoms. The second-order valence-electron chi connectivity index (χ2n) is 7.64. The minimum absolute atomic E-state index is 0.165. The lowest BCUT2D eigenvalue weighted by atomic mass is 10.1. The van der Waals surface area contributed by atoms with Crippen LogP contribution in [-0.2, 0) is 4.79 Å². The highest BCUT2D eigenvalue weighted by Crippen LogP contribution is 2.26. The van der Waals surface area contributed by atoms with Gasteiger partial charge in [0, 0.05) is 49.9 Å². The molecule has 2 bridgehead atoms. The summed E-state index contributed by atoms with van der Waals surface area (Å²) in [7, 11) is 0. The fraction of sp³-hybridized carbons (Fsp3) is 0.381. The molecule has 0 atom stereocenters. The number of alkyl halides is 3. The summed E-state index contributed by atoms with van der Waals surface area (Å²) >= 11 is 0. The van der Waals surface area contributed by atoms with Crippen LogP contribution >= 0.6 is 0 Å². The van der Waals surface area contributed by atoms with E-state index in [9.17, 15) is 18.0 Å². The minimum atomic E-state index is -5.08. The third kappa shape index (κ3) is 4.62. The van der Waals surface area contributed by atoms with Crippen molar-refractivity contribution in [3.05, 3.63) is 52.8 Å². The van der Waals surface area contributed by atoms with E-state index in [0.29, 0.717) is 17.4 Å². The average Bonchev–Trinajstić information content (AvgIpc) is 2.97. The number of hydrogen-bond acceptors (Lipinski definition) is 6. The summed E-state index contributed by atoms with van der Waals surface area (Å²) in [5.74, 6) is -1.32. The highest BCUT2D eigenvalue weighted by Gasteiger charge is 2.38. The predicted octanol–water partition coefficient (Wildman–Crippen LogP) is 2.87. The molecule has 0 spiro atoms. The molecule has 0 radical (unpaired) electrons. The Morgan fingerprint density at radius 1 is 1.06 bits per heavy atom. The number of nitrogens with zero attached hydrogens (tertiary/aromatic N) is 4. The van der Waals surface area contributed by atoms with Gasteiger partial charge in [-0.05, 0) is 12.8 Å². The lowest BCUT2D eigenvalue weighted by molar-refractivity contribution is -0.192. The molecule has 32 heavy (non-hydrogen) atoms. The molecule has 0 amide bonds. The van der Waals surface area contributed by atoms with Crippen molar-refractivity contribution in [1.29, 1.82) is 0 Å². The number of rotatable bonds is 2. The van der Waals surface area contributed by atoms with Gasteiger partial charge in [-0.1, -0.05) is 30.3 Å². The van der Waals surface area contributed by atoms with Gasteiger partial charge in [-0.15, -0.1) is 4.57 Å². The summed E-state index contributed by atoms with van der Waals surface area (Å²) < 4.78 is 38.7. The van der Waals surface area contributed by atoms with E-state index in [2.05, 4.69) is 9.80 Å². The van der Waals surface area contributed by atoms with Crippen molar-refractivity contribution in [3.8, 4) is 11.3 Å². The Kier molecular flexibility index (Phi) is 5.92. The molecule has 6 rings (SSSR count). The Bertz CT molecular complexity index is 1150. The SMILES string of the molecule is O=C(O)C(F)(F)F.O=c1cc(N2CCN3CCC2CC3)nc2cc(-c3ccccc3)on12. The molecule has 0 saturated carbocycles. The van der Waals surface area contributed by atoms with Gasteiger partial charge in [0.05, 0.1) is 0 Å². The van der Waals surface area contributed by atoms with Crippen LogP contribution in [0.25, 0.3) is 17.0 Å². The zero-order valence-electron chi connectivity index (χ0n) is 17.0. The molecule has 170 valence electrons. The summed E-state index contributed by atoms with van der Waals surface area (Å²) in [6.45, 7) is 4.26. The van der Waals surface area contributed by atoms with Gasteiger partial charge in [0.25, 0.3) is 5.56 Å². The van der Waals surface area contributed by atoms with Crippen molar-refractivity contribution in [1.82, 2.24) is 14.5 Å². The van der Waals surface area contributed by atoms with Crippen molar-refractivity contribution in [3.63, 3.8) is 0 Å². The van der Waals surface area contributed by atoms with Crippen LogP contribution in [0.4, 0.5) is 19.0 Å². The molecule has 8 nitrogen and oxygen atoms in total. The molecule has 3 fully saturated rings. The summed E-state index contributed by atoms with van der Waals surface area (Å²) in [6.07, 6.45) is -2.80. The number of benzene rings is 1. The fourth-order valence-electron chi connectivity index (χ4n) is 3.98. The molecule has 3 saturated heterocycles. The van der Waals surface area contributed by atoms with Crippen molar-refractivity contribution in [2.24, 2.45) is 0 Å². The first-order valence-electron chi connectivity index (χ1n) is 10.1. The van der Waals surface area contributed by atoms with E-state index in [4.69, 9.17) is 19.4 Å². The number of aromatic nitrogens is 2. The fourth-order valence-corrected chi connectivity index (χ4v) is 3.98. The molecule has 3 aromatic rings. The Labute approximate surface area is 180 Å². The first-order valence-corrected chi connectivity index (χ1v) is 10.1. The van der Waals surface area contributed by atoms with Crippen molar-refractivity contribution in [2.45, 2.75) is 25.1 Å². The van der Waals surface area contributed by atoms with Gasteiger partial charge in [-0.25, -0.2) is 9.78 Å². The predicted molar refractivity (Wildman–Crippen MR) is 110 cm³/mol. The smallest absolute Gasteiger partial charge is 0.475 e. The average molecular weight is 450 g/mol. The quantitative estimate of drug-likeness (QED) is 0.642. The molecular weight excluding hydrogens is 429 g/mol. The number of anilines is 1. The Hall–Kier alpha value is -3.34. The highest BCUT2D eigenvalue weighted by molar-refractivity contribution is 5.73. The van der Waals surface area contributed by atoms with Gasteiger partial charge in [-0.2, -0.15) is 13.2 Å². The maximum atomic E-state index is 12.6. The zero-order chi connectivity index (χ0) is 22.9. The van der Waals surface area contributed by atoms with Crippen molar-refractivity contribution >= 4 is 17.4 Å². The second kappa shape index (κ2) is 8.65. The minimum Gasteiger partial charge on any atom is -0.475 e. The Morgan fingerprint density at radius 2 is 1.72 bits per heavy atom. The lowest BCUT2D eigenvalue weighted by Gasteiger charge is -2.31. The van der Waals surface area contributed by atoms with E-state index in [1.54, 1.807) is 6.07 Å². The zero-order valence-corrected chi connectivity index (χ0v) is 17.0. The van der Waals surface area contributed by atoms with Crippen LogP contribution in [0, 0.1) is 0 Å². The van der Waals surface area contributed by atoms with Crippen molar-refractivity contribution in [2.75, 3.05) is 31.1 Å². The Morgan fingerprint density at radius 3 is 2.34 bits per heavy atom. The molecule has 5 heterocycles. The number of carboxylic acid groups (broad SMARTS) is 1. The number of piperidine rings is 1. The van der Waals surface area contributed by atoms with E-state index in [1.807, 2.05) is 36.4 Å². The third-order valence-electron chi connectivity index (χ3n) is 5.59. The topological polar surface area (TPSA) is 91.3 Å². The maximum Gasteiger partial charge on any atom is 0.490 e. The summed E-state index contributed by atoms with van der Waals surface area (Å²) in [4.78, 5) is 31.0. The molecule has 0 aliphatic carbocycles. The van der Waals surface area contributed by atoms with E-state index < -0.39 is 12.1 Å². The first-order chi connectivity index (χ1) is 15.2. The van der Waals surface area contributed by atoms with Crippen LogP contribution in [0.3, 0.4) is 0 Å². The molecule has 0 unspecified atom stereocenters. The van der Waals surface area contributed by atoms with Crippen molar-refractivity contribution < 1.29 is 27.6 Å². The van der Waals surface area contributed by atoms with E-state index in [0.717, 1.165) is 50.4 Å². The molecule has 1 aromatic carbocycles. The number of hydrogen-bond donors (Lipinski definition) is 1. The lowest BCUT2D eigenvalue weighted by Crippen LogP contribution is -2.38. The van der Waals surface area contributed by atoms with Gasteiger partial charge in [0.15, 0.2) is 11.4 Å². The first kappa shape index (κ1) is 21.9. The van der Waals surface area contributed by atoms with Crippen LogP contribution in [0.1, 0.15) is 12.8 Å². The molecular formula is C21H21F3N4O4. The summed E-state index contributed by atoms with van der Waals surface area (Å²) in [6, 6.07) is 13.7. The van der Waals surface area contributed by atoms with E-state index in [-0.39, 0.29) is 5.56 Å². The largest absolute Gasteiger partial charge is 0.490 e. The normalized spacial score (nSPS) is 20.5. The third-order valence-corrected chi connectivity index (χ3v) is 5.59. The Balaban J connectivity index is 0.000000307. The number of carboxylic acids is 1. The molecule has 3 aliphatic heterocycles. The number of halogens is 3. The van der Waals surface area contributed by atoms with Gasteiger partial charge in [-0.3, -0.25) is 4.79 Å². The highest BCUT2D eigenvalue weighted by atomic mass is 19.4. The monoisotopic (exact) mass is 450 g/mol. The summed E-state index contributed by atoms with van der Waals surface area (Å²) in [5, 5.41) is 7.12. The van der Waals surface area contributed by atoms with Crippen LogP contribution in [0.5, 0.6) is 0 Å². The van der Waals surface area contributed by atoms with Gasteiger partial charge in [0.1, 0.15) is 5.82 Å². The molecule has 2 aromatic heterocycles. The second-order valence-corrected chi connectivity index (χ2v) is 7.64. The van der Waals surface area contributed by atoms with Gasteiger partial charge < -0.3 is 19.4 Å². The molecule has 3 aliphatic rings. The van der Waals surface area contributed by atoms with E-state index >= 15 is 0 Å². The number of fused-ring (bicyclic) bond motifs is 5. The number of carbonyl (C=O) groups is 1. The van der Waals surface area contributed by atoms with Crippen LogP contribution in [0.2, 0.25) is 0 Å². The van der Waals surface area contributed by atoms with Crippen LogP contribution < -0.4 is 10.5 Å².